The largest absolute Gasteiger partial charge is 0.325 e. The molecule has 1 aromatic heterocycles. The van der Waals surface area contributed by atoms with Crippen LogP contribution in [-0.4, -0.2) is 26.4 Å². The highest BCUT2D eigenvalue weighted by Gasteiger charge is 2.14. The van der Waals surface area contributed by atoms with Crippen LogP contribution in [0.5, 0.6) is 0 Å². The fourth-order valence-corrected chi connectivity index (χ4v) is 3.09. The number of thioether (sulfide) groups is 1. The van der Waals surface area contributed by atoms with Crippen molar-refractivity contribution >= 4 is 23.4 Å². The molecule has 6 heteroatoms. The average Bonchev–Trinajstić information content (AvgIpc) is 3.05. The van der Waals surface area contributed by atoms with Crippen LogP contribution in [0.15, 0.2) is 78.5 Å². The van der Waals surface area contributed by atoms with E-state index < -0.39 is 0 Å². The van der Waals surface area contributed by atoms with Crippen molar-refractivity contribution in [3.63, 3.8) is 0 Å². The van der Waals surface area contributed by atoms with Crippen LogP contribution < -0.4 is 5.32 Å². The van der Waals surface area contributed by atoms with E-state index >= 15 is 0 Å². The summed E-state index contributed by atoms with van der Waals surface area (Å²) >= 11 is 1.36. The van der Waals surface area contributed by atoms with Gasteiger partial charge in [0.1, 0.15) is 0 Å². The van der Waals surface area contributed by atoms with Crippen LogP contribution in [0.25, 0.3) is 11.4 Å². The van der Waals surface area contributed by atoms with Gasteiger partial charge >= 0.3 is 0 Å². The lowest BCUT2D eigenvalue weighted by molar-refractivity contribution is -0.113. The Morgan fingerprint density at radius 1 is 1.08 bits per heavy atom. The zero-order valence-corrected chi connectivity index (χ0v) is 14.4. The van der Waals surface area contributed by atoms with Crippen molar-refractivity contribution in [2.45, 2.75) is 11.7 Å². The Labute approximate surface area is 150 Å². The molecule has 0 aliphatic rings. The van der Waals surface area contributed by atoms with Gasteiger partial charge in [0.2, 0.25) is 5.91 Å². The zero-order valence-electron chi connectivity index (χ0n) is 13.6. The van der Waals surface area contributed by atoms with E-state index in [1.54, 1.807) is 6.08 Å². The molecule has 1 amide bonds. The Balaban J connectivity index is 1.71. The van der Waals surface area contributed by atoms with Crippen molar-refractivity contribution in [1.82, 2.24) is 14.8 Å². The number of hydrogen-bond acceptors (Lipinski definition) is 4. The number of amides is 1. The molecule has 0 fully saturated rings. The van der Waals surface area contributed by atoms with Crippen LogP contribution in [0.1, 0.15) is 0 Å². The quantitative estimate of drug-likeness (QED) is 0.519. The lowest BCUT2D eigenvalue weighted by atomic mass is 10.2. The van der Waals surface area contributed by atoms with E-state index in [9.17, 15) is 4.79 Å². The molecule has 2 aromatic carbocycles. The Morgan fingerprint density at radius 3 is 2.44 bits per heavy atom. The average molecular weight is 350 g/mol. The molecule has 0 unspecified atom stereocenters. The van der Waals surface area contributed by atoms with Crippen molar-refractivity contribution in [2.75, 3.05) is 11.1 Å². The number of anilines is 1. The van der Waals surface area contributed by atoms with Crippen molar-refractivity contribution in [1.29, 1.82) is 0 Å². The third kappa shape index (κ3) is 4.36. The van der Waals surface area contributed by atoms with Crippen LogP contribution in [0.2, 0.25) is 0 Å². The predicted octanol–water partition coefficient (Wildman–Crippen LogP) is 3.86. The van der Waals surface area contributed by atoms with E-state index in [0.29, 0.717) is 11.7 Å². The van der Waals surface area contributed by atoms with Crippen LogP contribution >= 0.6 is 11.8 Å². The van der Waals surface area contributed by atoms with Crippen molar-refractivity contribution in [2.24, 2.45) is 0 Å². The summed E-state index contributed by atoms with van der Waals surface area (Å²) in [6, 6.07) is 19.2. The summed E-state index contributed by atoms with van der Waals surface area (Å²) in [5, 5.41) is 12.1. The summed E-state index contributed by atoms with van der Waals surface area (Å²) in [6.45, 7) is 4.38. The number of nitrogens with one attached hydrogen (secondary N) is 1. The van der Waals surface area contributed by atoms with Gasteiger partial charge in [-0.2, -0.15) is 0 Å². The minimum atomic E-state index is -0.0781. The molecule has 5 nitrogen and oxygen atoms in total. The number of aromatic nitrogens is 3. The maximum Gasteiger partial charge on any atom is 0.234 e. The second kappa shape index (κ2) is 8.30. The third-order valence-electron chi connectivity index (χ3n) is 3.45. The smallest absolute Gasteiger partial charge is 0.234 e. The van der Waals surface area contributed by atoms with Gasteiger partial charge in [-0.25, -0.2) is 0 Å². The molecular weight excluding hydrogens is 332 g/mol. The second-order valence-electron chi connectivity index (χ2n) is 5.27. The number of allylic oxidation sites excluding steroid dienone is 1. The first-order chi connectivity index (χ1) is 12.3. The number of rotatable bonds is 7. The standard InChI is InChI=1S/C19H18N4OS/c1-2-13-23-18(15-9-5-3-6-10-15)21-22-19(23)25-14-17(24)20-16-11-7-4-8-12-16/h2-12H,1,13-14H2,(H,20,24). The summed E-state index contributed by atoms with van der Waals surface area (Å²) in [5.74, 6) is 0.955. The Kier molecular flexibility index (Phi) is 5.64. The van der Waals surface area contributed by atoms with Crippen LogP contribution in [-0.2, 0) is 11.3 Å². The highest BCUT2D eigenvalue weighted by molar-refractivity contribution is 7.99. The van der Waals surface area contributed by atoms with Crippen LogP contribution in [0.4, 0.5) is 5.69 Å². The minimum absolute atomic E-state index is 0.0781. The molecule has 126 valence electrons. The Morgan fingerprint density at radius 2 is 1.76 bits per heavy atom. The first-order valence-electron chi connectivity index (χ1n) is 7.85. The van der Waals surface area contributed by atoms with Gasteiger partial charge < -0.3 is 5.32 Å². The molecule has 0 spiro atoms. The molecular formula is C19H18N4OS. The highest BCUT2D eigenvalue weighted by atomic mass is 32.2. The lowest BCUT2D eigenvalue weighted by Gasteiger charge is -2.08. The number of carbonyl (C=O) groups excluding carboxylic acids is 1. The van der Waals surface area contributed by atoms with Gasteiger partial charge in [0.05, 0.1) is 5.75 Å². The Hall–Kier alpha value is -2.86. The van der Waals surface area contributed by atoms with Gasteiger partial charge in [-0.1, -0.05) is 66.4 Å². The zero-order chi connectivity index (χ0) is 17.5. The summed E-state index contributed by atoms with van der Waals surface area (Å²) in [6.07, 6.45) is 1.80. The maximum absolute atomic E-state index is 12.1. The molecule has 0 aliphatic carbocycles. The first-order valence-corrected chi connectivity index (χ1v) is 8.83. The molecule has 25 heavy (non-hydrogen) atoms. The van der Waals surface area contributed by atoms with Crippen LogP contribution in [0.3, 0.4) is 0 Å². The van der Waals surface area contributed by atoms with Gasteiger partial charge in [-0.05, 0) is 12.1 Å². The molecule has 1 N–H and O–H groups in total. The topological polar surface area (TPSA) is 59.8 Å². The highest BCUT2D eigenvalue weighted by Crippen LogP contribution is 2.24. The van der Waals surface area contributed by atoms with Crippen LogP contribution in [0, 0.1) is 0 Å². The SMILES string of the molecule is C=CCn1c(SCC(=O)Nc2ccccc2)nnc1-c1ccccc1. The summed E-state index contributed by atoms with van der Waals surface area (Å²) in [7, 11) is 0. The third-order valence-corrected chi connectivity index (χ3v) is 4.42. The molecule has 0 atom stereocenters. The molecule has 0 radical (unpaired) electrons. The van der Waals surface area contributed by atoms with E-state index in [2.05, 4.69) is 22.1 Å². The van der Waals surface area contributed by atoms with Crippen molar-refractivity contribution in [3.8, 4) is 11.4 Å². The molecule has 0 saturated heterocycles. The predicted molar refractivity (Wildman–Crippen MR) is 101 cm³/mol. The molecule has 3 aromatic rings. The number of hydrogen-bond donors (Lipinski definition) is 1. The monoisotopic (exact) mass is 350 g/mol. The molecule has 0 saturated carbocycles. The summed E-state index contributed by atoms with van der Waals surface area (Å²) < 4.78 is 1.96. The van der Waals surface area contributed by atoms with Crippen molar-refractivity contribution in [3.05, 3.63) is 73.3 Å². The molecule has 0 aliphatic heterocycles. The normalized spacial score (nSPS) is 10.4. The Bertz CT molecular complexity index is 846. The van der Waals surface area contributed by atoms with E-state index in [-0.39, 0.29) is 11.7 Å². The minimum Gasteiger partial charge on any atom is -0.325 e. The lowest BCUT2D eigenvalue weighted by Crippen LogP contribution is -2.14. The van der Waals surface area contributed by atoms with Crippen molar-refractivity contribution < 1.29 is 4.79 Å². The maximum atomic E-state index is 12.1. The summed E-state index contributed by atoms with van der Waals surface area (Å²) in [4.78, 5) is 12.1. The van der Waals surface area contributed by atoms with Gasteiger partial charge in [0.25, 0.3) is 0 Å². The fourth-order valence-electron chi connectivity index (χ4n) is 2.34. The number of benzene rings is 2. The molecule has 3 rings (SSSR count). The molecule has 0 bridgehead atoms. The first kappa shape index (κ1) is 17.0. The van der Waals surface area contributed by atoms with E-state index in [1.165, 1.54) is 11.8 Å². The van der Waals surface area contributed by atoms with Gasteiger partial charge in [-0.15, -0.1) is 16.8 Å². The van der Waals surface area contributed by atoms with Gasteiger partial charge in [0, 0.05) is 17.8 Å². The van der Waals surface area contributed by atoms with E-state index in [1.807, 2.05) is 65.2 Å². The summed E-state index contributed by atoms with van der Waals surface area (Å²) in [5.41, 5.74) is 1.77. The number of para-hydroxylation sites is 1. The van der Waals surface area contributed by atoms with Gasteiger partial charge in [0.15, 0.2) is 11.0 Å². The second-order valence-corrected chi connectivity index (χ2v) is 6.22. The van der Waals surface area contributed by atoms with Gasteiger partial charge in [-0.3, -0.25) is 9.36 Å². The van der Waals surface area contributed by atoms with E-state index in [4.69, 9.17) is 0 Å². The number of carbonyl (C=O) groups is 1. The number of nitrogens with zero attached hydrogens (tertiary/aromatic N) is 3. The fraction of sp³-hybridized carbons (Fsp3) is 0.105. The molecule has 1 heterocycles. The van der Waals surface area contributed by atoms with E-state index in [0.717, 1.165) is 17.1 Å².